The number of β-lactam (4-membered cyclic amide) rings is 1. The van der Waals surface area contributed by atoms with Gasteiger partial charge in [-0.1, -0.05) is 0 Å². The molecule has 0 aliphatic carbocycles. The molecule has 0 spiro atoms. The predicted octanol–water partition coefficient (Wildman–Crippen LogP) is 1.22. The van der Waals surface area contributed by atoms with Crippen molar-refractivity contribution in [1.82, 2.24) is 4.90 Å². The highest BCUT2D eigenvalue weighted by atomic mass is 32.2. The first-order valence-electron chi connectivity index (χ1n) is 8.73. The van der Waals surface area contributed by atoms with E-state index in [-0.39, 0.29) is 23.6 Å². The highest BCUT2D eigenvalue weighted by Crippen LogP contribution is 2.59. The third kappa shape index (κ3) is 4.27. The number of hydrogen-bond donors (Lipinski definition) is 2. The Morgan fingerprint density at radius 1 is 1.45 bits per heavy atom. The summed E-state index contributed by atoms with van der Waals surface area (Å²) in [5.74, 6) is -1.33. The van der Waals surface area contributed by atoms with Crippen LogP contribution in [-0.4, -0.2) is 68.3 Å². The molecule has 0 unspecified atom stereocenters. The average Bonchev–Trinajstić information content (AvgIpc) is 2.71. The standard InChI is InChI=1S/C17H18N3O9PS/c1-10(21)29-8-12-9-31-16-17(28-2,15(22)19(16)14(12)30(25,26)27)18-7-11-3-5-13(6-4-11)20(23)24/h3-7,16H,8-9H2,1-2H3,(H2,25,26,27)/t16-,17+/m1/s1. The van der Waals surface area contributed by atoms with E-state index in [0.717, 1.165) is 23.6 Å². The second kappa shape index (κ2) is 8.52. The molecule has 1 amide bonds. The van der Waals surface area contributed by atoms with E-state index < -0.39 is 40.9 Å². The van der Waals surface area contributed by atoms with Crippen molar-refractivity contribution >= 4 is 43.1 Å². The van der Waals surface area contributed by atoms with Crippen LogP contribution in [0, 0.1) is 10.1 Å². The number of amides is 1. The van der Waals surface area contributed by atoms with E-state index in [0.29, 0.717) is 5.56 Å². The van der Waals surface area contributed by atoms with Gasteiger partial charge >= 0.3 is 13.6 Å². The Morgan fingerprint density at radius 2 is 2.10 bits per heavy atom. The molecule has 0 saturated carbocycles. The SMILES string of the molecule is CO[C@@]1(N=Cc2ccc([N+](=O)[O-])cc2)C(=O)N2C(P(=O)(O)O)=C(COC(C)=O)CS[C@@H]21. The molecule has 1 fully saturated rings. The van der Waals surface area contributed by atoms with Crippen LogP contribution < -0.4 is 0 Å². The summed E-state index contributed by atoms with van der Waals surface area (Å²) in [6.07, 6.45) is 1.30. The van der Waals surface area contributed by atoms with E-state index in [1.54, 1.807) is 0 Å². The van der Waals surface area contributed by atoms with Gasteiger partial charge in [-0.05, 0) is 17.7 Å². The second-order valence-corrected chi connectivity index (χ2v) is 9.18. The molecule has 2 heterocycles. The van der Waals surface area contributed by atoms with Crippen molar-refractivity contribution in [2.24, 2.45) is 4.99 Å². The molecule has 1 aromatic carbocycles. The largest absolute Gasteiger partial charge is 0.461 e. The minimum Gasteiger partial charge on any atom is -0.461 e. The highest BCUT2D eigenvalue weighted by Gasteiger charge is 2.67. The van der Waals surface area contributed by atoms with E-state index in [2.05, 4.69) is 4.99 Å². The number of non-ortho nitro benzene ring substituents is 1. The topological polar surface area (TPSA) is 169 Å². The summed E-state index contributed by atoms with van der Waals surface area (Å²) < 4.78 is 22.3. The number of carbonyl (C=O) groups is 2. The molecule has 2 atom stereocenters. The Balaban J connectivity index is 1.91. The number of benzene rings is 1. The number of hydrogen-bond acceptors (Lipinski definition) is 9. The predicted molar refractivity (Wildman–Crippen MR) is 109 cm³/mol. The molecule has 2 N–H and O–H groups in total. The fraction of sp³-hybridized carbons (Fsp3) is 0.353. The zero-order chi connectivity index (χ0) is 23.0. The van der Waals surface area contributed by atoms with Crippen LogP contribution in [0.3, 0.4) is 0 Å². The minimum absolute atomic E-state index is 0.0837. The number of nitro groups is 1. The Kier molecular flexibility index (Phi) is 6.35. The lowest BCUT2D eigenvalue weighted by Crippen LogP contribution is -2.73. The van der Waals surface area contributed by atoms with Gasteiger partial charge in [0.1, 0.15) is 17.4 Å². The lowest BCUT2D eigenvalue weighted by atomic mass is 10.0. The van der Waals surface area contributed by atoms with E-state index >= 15 is 0 Å². The van der Waals surface area contributed by atoms with E-state index in [1.165, 1.54) is 37.6 Å². The van der Waals surface area contributed by atoms with E-state index in [1.807, 2.05) is 0 Å². The first-order valence-corrected chi connectivity index (χ1v) is 11.4. The van der Waals surface area contributed by atoms with Gasteiger partial charge in [0.15, 0.2) is 0 Å². The molecular weight excluding hydrogens is 453 g/mol. The molecule has 1 saturated heterocycles. The van der Waals surface area contributed by atoms with Gasteiger partial charge in [-0.2, -0.15) is 0 Å². The molecule has 166 valence electrons. The van der Waals surface area contributed by atoms with Crippen molar-refractivity contribution in [2.75, 3.05) is 19.5 Å². The van der Waals surface area contributed by atoms with Gasteiger partial charge in [-0.25, -0.2) is 4.99 Å². The summed E-state index contributed by atoms with van der Waals surface area (Å²) in [6.45, 7) is 0.805. The number of fused-ring (bicyclic) bond motifs is 1. The lowest BCUT2D eigenvalue weighted by Gasteiger charge is -2.54. The average molecular weight is 471 g/mol. The molecule has 12 nitrogen and oxygen atoms in total. The van der Waals surface area contributed by atoms with Crippen LogP contribution >= 0.6 is 19.4 Å². The highest BCUT2D eigenvalue weighted by molar-refractivity contribution is 8.00. The zero-order valence-corrected chi connectivity index (χ0v) is 18.0. The van der Waals surface area contributed by atoms with Crippen LogP contribution in [0.2, 0.25) is 0 Å². The van der Waals surface area contributed by atoms with Gasteiger partial charge in [0.2, 0.25) is 0 Å². The number of rotatable bonds is 7. The normalized spacial score (nSPS) is 23.5. The molecule has 31 heavy (non-hydrogen) atoms. The molecule has 3 rings (SSSR count). The third-order valence-electron chi connectivity index (χ3n) is 4.60. The van der Waals surface area contributed by atoms with Gasteiger partial charge in [0.25, 0.3) is 17.3 Å². The summed E-state index contributed by atoms with van der Waals surface area (Å²) in [5.41, 5.74) is -1.75. The van der Waals surface area contributed by atoms with Crippen molar-refractivity contribution < 1.29 is 38.3 Å². The summed E-state index contributed by atoms with van der Waals surface area (Å²) >= 11 is 1.15. The molecule has 0 bridgehead atoms. The van der Waals surface area contributed by atoms with Crippen molar-refractivity contribution in [3.63, 3.8) is 0 Å². The van der Waals surface area contributed by atoms with Crippen LogP contribution in [-0.2, 0) is 23.6 Å². The fourth-order valence-electron chi connectivity index (χ4n) is 3.16. The molecule has 2 aliphatic heterocycles. The van der Waals surface area contributed by atoms with Crippen molar-refractivity contribution in [1.29, 1.82) is 0 Å². The van der Waals surface area contributed by atoms with Crippen molar-refractivity contribution in [3.8, 4) is 0 Å². The van der Waals surface area contributed by atoms with E-state index in [4.69, 9.17) is 9.47 Å². The van der Waals surface area contributed by atoms with Crippen LogP contribution in [0.15, 0.2) is 40.3 Å². The third-order valence-corrected chi connectivity index (χ3v) is 7.05. The summed E-state index contributed by atoms with van der Waals surface area (Å²) in [7, 11) is -3.64. The van der Waals surface area contributed by atoms with Gasteiger partial charge < -0.3 is 19.3 Å². The van der Waals surface area contributed by atoms with Crippen LogP contribution in [0.1, 0.15) is 12.5 Å². The van der Waals surface area contributed by atoms with Gasteiger partial charge in [-0.15, -0.1) is 11.8 Å². The quantitative estimate of drug-likeness (QED) is 0.147. The Hall–Kier alpha value is -2.57. The number of methoxy groups -OCH3 is 1. The molecule has 2 aliphatic rings. The lowest BCUT2D eigenvalue weighted by molar-refractivity contribution is -0.384. The molecular formula is C17H18N3O9PS. The maximum Gasteiger partial charge on any atom is 0.372 e. The van der Waals surface area contributed by atoms with Gasteiger partial charge in [0, 0.05) is 43.7 Å². The number of esters is 1. The van der Waals surface area contributed by atoms with Crippen LogP contribution in [0.4, 0.5) is 5.69 Å². The molecule has 1 aromatic rings. The van der Waals surface area contributed by atoms with Crippen LogP contribution in [0.5, 0.6) is 0 Å². The number of nitrogens with zero attached hydrogens (tertiary/aromatic N) is 3. The van der Waals surface area contributed by atoms with Gasteiger partial charge in [-0.3, -0.25) is 29.2 Å². The van der Waals surface area contributed by atoms with Gasteiger partial charge in [0.05, 0.1) is 4.92 Å². The zero-order valence-electron chi connectivity index (χ0n) is 16.3. The monoisotopic (exact) mass is 471 g/mol. The summed E-state index contributed by atoms with van der Waals surface area (Å²) in [6, 6.07) is 5.44. The molecule has 0 aromatic heterocycles. The fourth-order valence-corrected chi connectivity index (χ4v) is 5.80. The molecule has 0 radical (unpaired) electrons. The number of carbonyl (C=O) groups excluding carboxylic acids is 2. The minimum atomic E-state index is -4.89. The number of thioether (sulfide) groups is 1. The smallest absolute Gasteiger partial charge is 0.372 e. The summed E-state index contributed by atoms with van der Waals surface area (Å²) in [4.78, 5) is 59.0. The van der Waals surface area contributed by atoms with Crippen molar-refractivity contribution in [2.45, 2.75) is 18.0 Å². The number of aliphatic imine (C=N–C) groups is 1. The number of ether oxygens (including phenoxy) is 2. The maximum absolute atomic E-state index is 13.0. The molecule has 14 heteroatoms. The van der Waals surface area contributed by atoms with E-state index in [9.17, 15) is 34.1 Å². The summed E-state index contributed by atoms with van der Waals surface area (Å²) in [5, 5.41) is 9.90. The first kappa shape index (κ1) is 23.1. The van der Waals surface area contributed by atoms with Crippen LogP contribution in [0.25, 0.3) is 0 Å². The van der Waals surface area contributed by atoms with Crippen molar-refractivity contribution in [3.05, 3.63) is 51.0 Å². The second-order valence-electron chi connectivity index (χ2n) is 6.60. The Bertz CT molecular complexity index is 1040. The maximum atomic E-state index is 13.0. The Morgan fingerprint density at radius 3 is 2.61 bits per heavy atom. The first-order chi connectivity index (χ1) is 14.5. The Labute approximate surface area is 180 Å². The number of nitro benzene ring substituents is 1.